The van der Waals surface area contributed by atoms with Gasteiger partial charge in [0.15, 0.2) is 5.82 Å². The van der Waals surface area contributed by atoms with Gasteiger partial charge in [-0.05, 0) is 49.9 Å². The first-order chi connectivity index (χ1) is 15.8. The van der Waals surface area contributed by atoms with Crippen molar-refractivity contribution >= 4 is 15.9 Å². The van der Waals surface area contributed by atoms with Gasteiger partial charge in [0.05, 0.1) is 4.90 Å². The predicted molar refractivity (Wildman–Crippen MR) is 124 cm³/mol. The summed E-state index contributed by atoms with van der Waals surface area (Å²) in [5.74, 6) is 0.729. The average Bonchev–Trinajstić information content (AvgIpc) is 3.14. The lowest BCUT2D eigenvalue weighted by atomic mass is 9.88. The molecule has 0 radical (unpaired) electrons. The van der Waals surface area contributed by atoms with Gasteiger partial charge < -0.3 is 9.84 Å². The van der Waals surface area contributed by atoms with Crippen molar-refractivity contribution in [3.8, 4) is 0 Å². The largest absolute Gasteiger partial charge is 0.340 e. The zero-order valence-electron chi connectivity index (χ0n) is 19.5. The molecule has 2 saturated carbocycles. The highest BCUT2D eigenvalue weighted by Gasteiger charge is 2.39. The highest BCUT2D eigenvalue weighted by molar-refractivity contribution is 7.89. The summed E-state index contributed by atoms with van der Waals surface area (Å²) in [4.78, 5) is 17.8. The summed E-state index contributed by atoms with van der Waals surface area (Å²) in [6, 6.07) is 6.27. The normalized spacial score (nSPS) is 19.8. The predicted octanol–water partition coefficient (Wildman–Crippen LogP) is 4.31. The number of carbonyl (C=O) groups excluding carboxylic acids is 1. The van der Waals surface area contributed by atoms with E-state index in [0.717, 1.165) is 64.2 Å². The van der Waals surface area contributed by atoms with Gasteiger partial charge in [0, 0.05) is 25.6 Å². The number of aryl methyl sites for hydroxylation is 1. The van der Waals surface area contributed by atoms with Gasteiger partial charge >= 0.3 is 0 Å². The fraction of sp³-hybridized carbons (Fsp3) is 0.625. The molecule has 1 amide bonds. The molecule has 0 aliphatic heterocycles. The molecule has 0 bridgehead atoms. The molecule has 0 unspecified atom stereocenters. The fourth-order valence-electron chi connectivity index (χ4n) is 5.11. The van der Waals surface area contributed by atoms with Gasteiger partial charge in [-0.1, -0.05) is 50.1 Å². The van der Waals surface area contributed by atoms with E-state index in [1.165, 1.54) is 22.9 Å². The second-order valence-corrected chi connectivity index (χ2v) is 11.4. The van der Waals surface area contributed by atoms with Crippen LogP contribution in [0.5, 0.6) is 0 Å². The topological polar surface area (TPSA) is 105 Å². The Balaban J connectivity index is 1.52. The van der Waals surface area contributed by atoms with Crippen LogP contribution in [-0.4, -0.2) is 41.9 Å². The van der Waals surface area contributed by atoms with Crippen molar-refractivity contribution < 1.29 is 17.7 Å². The number of nitrogens with one attached hydrogen (secondary N) is 1. The lowest BCUT2D eigenvalue weighted by Gasteiger charge is -2.31. The molecule has 1 aromatic carbocycles. The van der Waals surface area contributed by atoms with Crippen molar-refractivity contribution in [3.63, 3.8) is 0 Å². The van der Waals surface area contributed by atoms with E-state index < -0.39 is 15.6 Å². The first-order valence-corrected chi connectivity index (χ1v) is 13.5. The van der Waals surface area contributed by atoms with E-state index in [4.69, 9.17) is 4.52 Å². The lowest BCUT2D eigenvalue weighted by molar-refractivity contribution is 0.0876. The zero-order chi connectivity index (χ0) is 23.5. The summed E-state index contributed by atoms with van der Waals surface area (Å²) >= 11 is 0. The number of benzene rings is 1. The highest BCUT2D eigenvalue weighted by atomic mass is 32.2. The molecule has 2 aliphatic rings. The minimum absolute atomic E-state index is 0.0419. The lowest BCUT2D eigenvalue weighted by Crippen LogP contribution is -2.46. The van der Waals surface area contributed by atoms with Gasteiger partial charge in [-0.2, -0.15) is 9.29 Å². The summed E-state index contributed by atoms with van der Waals surface area (Å²) in [5, 5.41) is 7.29. The van der Waals surface area contributed by atoms with Crippen LogP contribution in [0.15, 0.2) is 33.7 Å². The maximum Gasteiger partial charge on any atom is 0.252 e. The summed E-state index contributed by atoms with van der Waals surface area (Å²) in [6.45, 7) is 1.74. The van der Waals surface area contributed by atoms with Crippen molar-refractivity contribution in [2.45, 2.75) is 94.0 Å². The first-order valence-electron chi connectivity index (χ1n) is 12.0. The number of aromatic nitrogens is 2. The molecule has 33 heavy (non-hydrogen) atoms. The summed E-state index contributed by atoms with van der Waals surface area (Å²) < 4.78 is 32.9. The number of nitrogens with zero attached hydrogens (tertiary/aromatic N) is 3. The van der Waals surface area contributed by atoms with Crippen molar-refractivity contribution in [2.24, 2.45) is 0 Å². The average molecular weight is 475 g/mol. The number of hydrogen-bond acceptors (Lipinski definition) is 6. The quantitative estimate of drug-likeness (QED) is 0.626. The molecule has 8 nitrogen and oxygen atoms in total. The Bertz CT molecular complexity index is 1050. The second-order valence-electron chi connectivity index (χ2n) is 9.42. The van der Waals surface area contributed by atoms with Crippen LogP contribution in [0.1, 0.15) is 92.7 Å². The molecule has 1 heterocycles. The maximum atomic E-state index is 13.2. The number of hydrogen-bond donors (Lipinski definition) is 1. The molecular weight excluding hydrogens is 440 g/mol. The van der Waals surface area contributed by atoms with E-state index in [9.17, 15) is 13.2 Å². The number of carbonyl (C=O) groups is 1. The van der Waals surface area contributed by atoms with Crippen molar-refractivity contribution in [2.75, 3.05) is 7.05 Å². The number of amides is 1. The summed E-state index contributed by atoms with van der Waals surface area (Å²) in [5.41, 5.74) is -0.254. The molecular formula is C24H34N4O4S. The van der Waals surface area contributed by atoms with Crippen LogP contribution in [0, 0.1) is 6.92 Å². The Hall–Kier alpha value is -2.26. The molecule has 2 fully saturated rings. The smallest absolute Gasteiger partial charge is 0.252 e. The van der Waals surface area contributed by atoms with Crippen molar-refractivity contribution in [3.05, 3.63) is 41.5 Å². The molecule has 0 spiro atoms. The summed E-state index contributed by atoms with van der Waals surface area (Å²) in [7, 11) is -1.93. The van der Waals surface area contributed by atoms with Gasteiger partial charge in [-0.3, -0.25) is 4.79 Å². The third-order valence-corrected chi connectivity index (χ3v) is 9.07. The summed E-state index contributed by atoms with van der Waals surface area (Å²) in [6.07, 6.45) is 10.7. The van der Waals surface area contributed by atoms with E-state index >= 15 is 0 Å². The Morgan fingerprint density at radius 1 is 1.03 bits per heavy atom. The van der Waals surface area contributed by atoms with Crippen LogP contribution in [0.3, 0.4) is 0 Å². The highest BCUT2D eigenvalue weighted by Crippen LogP contribution is 2.35. The van der Waals surface area contributed by atoms with E-state index in [1.54, 1.807) is 26.1 Å². The van der Waals surface area contributed by atoms with Gasteiger partial charge in [0.25, 0.3) is 5.91 Å². The third kappa shape index (κ3) is 5.14. The Morgan fingerprint density at radius 3 is 2.21 bits per heavy atom. The van der Waals surface area contributed by atoms with Gasteiger partial charge in [-0.25, -0.2) is 8.42 Å². The molecule has 2 aromatic rings. The second kappa shape index (κ2) is 9.93. The minimum atomic E-state index is -3.60. The Kier molecular flexibility index (Phi) is 7.19. The molecule has 1 N–H and O–H groups in total. The van der Waals surface area contributed by atoms with Gasteiger partial charge in [-0.15, -0.1) is 0 Å². The molecule has 180 valence electrons. The van der Waals surface area contributed by atoms with Crippen LogP contribution in [0.4, 0.5) is 0 Å². The molecule has 2 aliphatic carbocycles. The molecule has 4 rings (SSSR count). The molecule has 9 heteroatoms. The Morgan fingerprint density at radius 2 is 1.64 bits per heavy atom. The van der Waals surface area contributed by atoms with Crippen LogP contribution in [-0.2, 0) is 15.6 Å². The van der Waals surface area contributed by atoms with Crippen LogP contribution in [0.25, 0.3) is 0 Å². The maximum absolute atomic E-state index is 13.2. The van der Waals surface area contributed by atoms with Crippen LogP contribution >= 0.6 is 0 Å². The third-order valence-electron chi connectivity index (χ3n) is 7.15. The minimum Gasteiger partial charge on any atom is -0.340 e. The van der Waals surface area contributed by atoms with E-state index in [2.05, 4.69) is 15.5 Å². The monoisotopic (exact) mass is 474 g/mol. The standard InChI is InChI=1S/C24H34N4O4S/c1-18-25-23(27-32-18)24(16-8-3-4-9-17-24)26-22(29)19-12-14-21(15-13-19)33(30,31)28(2)20-10-6-5-7-11-20/h12-15,20H,3-11,16-17H2,1-2H3,(H,26,29). The van der Waals surface area contributed by atoms with Crippen molar-refractivity contribution in [1.82, 2.24) is 19.8 Å². The Labute approximate surface area is 196 Å². The van der Waals surface area contributed by atoms with Crippen LogP contribution in [0.2, 0.25) is 0 Å². The molecule has 0 saturated heterocycles. The number of sulfonamides is 1. The zero-order valence-corrected chi connectivity index (χ0v) is 20.4. The van der Waals surface area contributed by atoms with E-state index in [0.29, 0.717) is 17.3 Å². The van der Waals surface area contributed by atoms with Gasteiger partial charge in [0.2, 0.25) is 15.9 Å². The van der Waals surface area contributed by atoms with Crippen LogP contribution < -0.4 is 5.32 Å². The molecule has 1 aromatic heterocycles. The fourth-order valence-corrected chi connectivity index (χ4v) is 6.52. The van der Waals surface area contributed by atoms with E-state index in [-0.39, 0.29) is 16.8 Å². The SMILES string of the molecule is Cc1nc(C2(NC(=O)c3ccc(S(=O)(=O)N(C)C4CCCCC4)cc3)CCCCCC2)no1. The van der Waals surface area contributed by atoms with Gasteiger partial charge in [0.1, 0.15) is 5.54 Å². The molecule has 0 atom stereocenters. The van der Waals surface area contributed by atoms with E-state index in [1.807, 2.05) is 0 Å². The first kappa shape index (κ1) is 23.9. The van der Waals surface area contributed by atoms with Crippen molar-refractivity contribution in [1.29, 1.82) is 0 Å². The number of rotatable bonds is 6.